The van der Waals surface area contributed by atoms with Crippen LogP contribution in [0.3, 0.4) is 0 Å². The van der Waals surface area contributed by atoms with Crippen molar-refractivity contribution in [3.63, 3.8) is 0 Å². The Labute approximate surface area is 114 Å². The van der Waals surface area contributed by atoms with Gasteiger partial charge < -0.3 is 0 Å². The molecule has 1 unspecified atom stereocenters. The average Bonchev–Trinajstić information content (AvgIpc) is 2.63. The monoisotopic (exact) mass is 257 g/mol. The van der Waals surface area contributed by atoms with Gasteiger partial charge in [-0.15, -0.1) is 0 Å². The molecule has 1 aliphatic heterocycles. The molecule has 0 aromatic rings. The maximum atomic E-state index is 11.8. The van der Waals surface area contributed by atoms with Gasteiger partial charge in [-0.3, -0.25) is 9.59 Å². The molecule has 0 saturated heterocycles. The Morgan fingerprint density at radius 2 is 1.84 bits per heavy atom. The fourth-order valence-corrected chi connectivity index (χ4v) is 2.23. The van der Waals surface area contributed by atoms with Crippen LogP contribution in [0.2, 0.25) is 0 Å². The lowest BCUT2D eigenvalue weighted by Gasteiger charge is -2.21. The minimum atomic E-state index is -0.257. The summed E-state index contributed by atoms with van der Waals surface area (Å²) in [7, 11) is 0. The molecular weight excluding hydrogens is 238 g/mol. The van der Waals surface area contributed by atoms with Crippen LogP contribution in [-0.4, -0.2) is 16.7 Å². The third-order valence-electron chi connectivity index (χ3n) is 3.39. The molecule has 2 aliphatic rings. The van der Waals surface area contributed by atoms with Crippen molar-refractivity contribution in [1.82, 2.24) is 4.90 Å². The van der Waals surface area contributed by atoms with E-state index >= 15 is 0 Å². The van der Waals surface area contributed by atoms with Gasteiger partial charge in [-0.25, -0.2) is 4.90 Å². The van der Waals surface area contributed by atoms with Crippen LogP contribution in [0.25, 0.3) is 0 Å². The maximum absolute atomic E-state index is 11.8. The molecule has 0 spiro atoms. The summed E-state index contributed by atoms with van der Waals surface area (Å²) in [6, 6.07) is 0. The fraction of sp³-hybridized carbons (Fsp3) is 0.375. The van der Waals surface area contributed by atoms with Crippen LogP contribution in [0.4, 0.5) is 0 Å². The molecule has 0 bridgehead atoms. The van der Waals surface area contributed by atoms with Crippen LogP contribution in [0.1, 0.15) is 27.2 Å². The van der Waals surface area contributed by atoms with Crippen LogP contribution in [-0.2, 0) is 9.59 Å². The summed E-state index contributed by atoms with van der Waals surface area (Å²) >= 11 is 0. The SMILES string of the molecule is C/C1=C/C(N2C(=O)C=CC2=O)=C\C(C(C)C)/C=C\C1. The lowest BCUT2D eigenvalue weighted by Crippen LogP contribution is -2.29. The van der Waals surface area contributed by atoms with Crippen molar-refractivity contribution in [3.8, 4) is 0 Å². The Morgan fingerprint density at radius 1 is 1.21 bits per heavy atom. The van der Waals surface area contributed by atoms with E-state index in [1.165, 1.54) is 17.1 Å². The van der Waals surface area contributed by atoms with E-state index in [2.05, 4.69) is 26.0 Å². The second-order valence-electron chi connectivity index (χ2n) is 5.38. The largest absolute Gasteiger partial charge is 0.269 e. The highest BCUT2D eigenvalue weighted by Gasteiger charge is 2.27. The van der Waals surface area contributed by atoms with Gasteiger partial charge in [-0.05, 0) is 31.3 Å². The van der Waals surface area contributed by atoms with Gasteiger partial charge in [0.15, 0.2) is 0 Å². The summed E-state index contributed by atoms with van der Waals surface area (Å²) in [6.45, 7) is 6.27. The predicted molar refractivity (Wildman–Crippen MR) is 74.9 cm³/mol. The Morgan fingerprint density at radius 3 is 2.42 bits per heavy atom. The summed E-state index contributed by atoms with van der Waals surface area (Å²) in [5, 5.41) is 0. The van der Waals surface area contributed by atoms with Gasteiger partial charge in [-0.2, -0.15) is 0 Å². The molecule has 2 amide bonds. The van der Waals surface area contributed by atoms with E-state index in [0.29, 0.717) is 11.6 Å². The Bertz CT molecular complexity index is 503. The number of hydrogen-bond acceptors (Lipinski definition) is 2. The van der Waals surface area contributed by atoms with Gasteiger partial charge in [0.1, 0.15) is 0 Å². The van der Waals surface area contributed by atoms with E-state index in [0.717, 1.165) is 12.0 Å². The van der Waals surface area contributed by atoms with Gasteiger partial charge in [0.25, 0.3) is 11.8 Å². The molecule has 0 N–H and O–H groups in total. The van der Waals surface area contributed by atoms with Gasteiger partial charge in [0.05, 0.1) is 0 Å². The second-order valence-corrected chi connectivity index (χ2v) is 5.38. The molecule has 3 heteroatoms. The Balaban J connectivity index is 2.41. The topological polar surface area (TPSA) is 37.4 Å². The first-order chi connectivity index (χ1) is 8.99. The molecule has 2 rings (SSSR count). The number of amides is 2. The van der Waals surface area contributed by atoms with Crippen LogP contribution >= 0.6 is 0 Å². The van der Waals surface area contributed by atoms with Crippen LogP contribution in [0.15, 0.2) is 47.7 Å². The van der Waals surface area contributed by atoms with Gasteiger partial charge >= 0.3 is 0 Å². The smallest absolute Gasteiger partial charge is 0.258 e. The molecule has 0 saturated carbocycles. The molecule has 1 heterocycles. The minimum Gasteiger partial charge on any atom is -0.269 e. The molecule has 0 aromatic heterocycles. The van der Waals surface area contributed by atoms with Crippen molar-refractivity contribution in [2.24, 2.45) is 11.8 Å². The highest BCUT2D eigenvalue weighted by atomic mass is 16.2. The normalized spacial score (nSPS) is 30.7. The third-order valence-corrected chi connectivity index (χ3v) is 3.39. The van der Waals surface area contributed by atoms with Crippen molar-refractivity contribution in [2.75, 3.05) is 0 Å². The van der Waals surface area contributed by atoms with Crippen molar-refractivity contribution in [3.05, 3.63) is 47.7 Å². The van der Waals surface area contributed by atoms with Gasteiger partial charge in [0, 0.05) is 17.8 Å². The first-order valence-electron chi connectivity index (χ1n) is 6.61. The number of carbonyl (C=O) groups excluding carboxylic acids is 2. The summed E-state index contributed by atoms with van der Waals surface area (Å²) < 4.78 is 0. The van der Waals surface area contributed by atoms with Gasteiger partial charge in [0.2, 0.25) is 0 Å². The van der Waals surface area contributed by atoms with E-state index in [4.69, 9.17) is 0 Å². The minimum absolute atomic E-state index is 0.237. The molecule has 1 aliphatic carbocycles. The van der Waals surface area contributed by atoms with E-state index in [1.807, 2.05) is 19.1 Å². The number of carbonyl (C=O) groups is 2. The second kappa shape index (κ2) is 5.39. The molecule has 19 heavy (non-hydrogen) atoms. The molecule has 3 nitrogen and oxygen atoms in total. The van der Waals surface area contributed by atoms with Gasteiger partial charge in [-0.1, -0.05) is 37.6 Å². The zero-order valence-corrected chi connectivity index (χ0v) is 11.6. The quantitative estimate of drug-likeness (QED) is 0.563. The standard InChI is InChI=1S/C16H19NO2/c1-11(2)13-6-4-5-12(3)9-14(10-13)17-15(18)7-8-16(17)19/h4,6-11,13H,5H2,1-3H3/b6-4-,12-9-,14-10+. The zero-order valence-electron chi connectivity index (χ0n) is 11.6. The number of rotatable bonds is 2. The Hall–Kier alpha value is -1.90. The summed E-state index contributed by atoms with van der Waals surface area (Å²) in [6.07, 6.45) is 11.7. The number of hydrogen-bond donors (Lipinski definition) is 0. The van der Waals surface area contributed by atoms with Crippen molar-refractivity contribution >= 4 is 11.8 Å². The molecule has 0 aromatic carbocycles. The van der Waals surface area contributed by atoms with E-state index in [1.54, 1.807) is 0 Å². The summed E-state index contributed by atoms with van der Waals surface area (Å²) in [5.41, 5.74) is 1.83. The highest BCUT2D eigenvalue weighted by Crippen LogP contribution is 2.25. The lowest BCUT2D eigenvalue weighted by atomic mass is 9.91. The third kappa shape index (κ3) is 2.92. The van der Waals surface area contributed by atoms with Crippen molar-refractivity contribution in [1.29, 1.82) is 0 Å². The van der Waals surface area contributed by atoms with E-state index < -0.39 is 0 Å². The molecule has 0 fully saturated rings. The van der Waals surface area contributed by atoms with Crippen LogP contribution in [0, 0.1) is 11.8 Å². The zero-order chi connectivity index (χ0) is 14.0. The fourth-order valence-electron chi connectivity index (χ4n) is 2.23. The first kappa shape index (κ1) is 13.5. The summed E-state index contributed by atoms with van der Waals surface area (Å²) in [4.78, 5) is 24.8. The molecule has 0 radical (unpaired) electrons. The highest BCUT2D eigenvalue weighted by molar-refractivity contribution is 6.14. The van der Waals surface area contributed by atoms with E-state index in [9.17, 15) is 9.59 Å². The number of imide groups is 1. The van der Waals surface area contributed by atoms with Crippen LogP contribution in [0.5, 0.6) is 0 Å². The Kier molecular flexibility index (Phi) is 3.84. The van der Waals surface area contributed by atoms with Crippen LogP contribution < -0.4 is 0 Å². The number of nitrogens with zero attached hydrogens (tertiary/aromatic N) is 1. The van der Waals surface area contributed by atoms with Crippen molar-refractivity contribution < 1.29 is 9.59 Å². The first-order valence-corrected chi connectivity index (χ1v) is 6.61. The van der Waals surface area contributed by atoms with E-state index in [-0.39, 0.29) is 17.7 Å². The molecular formula is C16H19NO2. The average molecular weight is 257 g/mol. The molecule has 1 atom stereocenters. The number of allylic oxidation sites excluding steroid dienone is 5. The predicted octanol–water partition coefficient (Wildman–Crippen LogP) is 2.97. The lowest BCUT2D eigenvalue weighted by molar-refractivity contribution is -0.134. The summed E-state index contributed by atoms with van der Waals surface area (Å²) in [5.74, 6) is 0.152. The van der Waals surface area contributed by atoms with Crippen molar-refractivity contribution in [2.45, 2.75) is 27.2 Å². The maximum Gasteiger partial charge on any atom is 0.258 e. The molecule has 100 valence electrons.